The number of aryl methyl sites for hydroxylation is 1. The van der Waals surface area contributed by atoms with Crippen LogP contribution in [0.1, 0.15) is 11.1 Å². The highest BCUT2D eigenvalue weighted by Gasteiger charge is 2.20. The summed E-state index contributed by atoms with van der Waals surface area (Å²) in [6.45, 7) is 1.92. The maximum Gasteiger partial charge on any atom is 0.341 e. The van der Waals surface area contributed by atoms with Gasteiger partial charge >= 0.3 is 5.97 Å². The molecule has 8 heteroatoms. The van der Waals surface area contributed by atoms with E-state index in [-0.39, 0.29) is 0 Å². The fraction of sp³-hybridized carbons (Fsp3) is 0.185. The predicted molar refractivity (Wildman–Crippen MR) is 137 cm³/mol. The lowest BCUT2D eigenvalue weighted by molar-refractivity contribution is -0.139. The van der Waals surface area contributed by atoms with Gasteiger partial charge in [-0.15, -0.1) is 0 Å². The summed E-state index contributed by atoms with van der Waals surface area (Å²) < 4.78 is 19.6. The molecule has 7 nitrogen and oxygen atoms in total. The van der Waals surface area contributed by atoms with Crippen LogP contribution in [0.15, 0.2) is 71.2 Å². The van der Waals surface area contributed by atoms with Crippen LogP contribution in [0, 0.1) is 6.92 Å². The Morgan fingerprint density at radius 2 is 1.63 bits per heavy atom. The van der Waals surface area contributed by atoms with Gasteiger partial charge in [-0.05, 0) is 48.9 Å². The van der Waals surface area contributed by atoms with E-state index in [9.17, 15) is 4.79 Å². The first kappa shape index (κ1) is 24.3. The number of halogens is 1. The number of nitrogens with zero attached hydrogens (tertiary/aromatic N) is 2. The first-order chi connectivity index (χ1) is 16.9. The SMILES string of the molecule is COc1ccccc1Cn1nc(-c2cc(Br)c(C)cc2OCC(=O)O)cc1-c1ccccc1OC. The summed E-state index contributed by atoms with van der Waals surface area (Å²) in [6, 6.07) is 21.2. The molecule has 1 N–H and O–H groups in total. The maximum absolute atomic E-state index is 11.2. The van der Waals surface area contributed by atoms with E-state index in [4.69, 9.17) is 24.4 Å². The van der Waals surface area contributed by atoms with E-state index in [0.717, 1.165) is 32.6 Å². The van der Waals surface area contributed by atoms with Crippen LogP contribution >= 0.6 is 15.9 Å². The summed E-state index contributed by atoms with van der Waals surface area (Å²) in [4.78, 5) is 11.2. The van der Waals surface area contributed by atoms with Crippen LogP contribution in [0.25, 0.3) is 22.5 Å². The second-order valence-corrected chi connectivity index (χ2v) is 8.72. The van der Waals surface area contributed by atoms with Crippen molar-refractivity contribution in [3.63, 3.8) is 0 Å². The van der Waals surface area contributed by atoms with Crippen molar-refractivity contribution in [3.8, 4) is 39.8 Å². The minimum absolute atomic E-state index is 0.446. The van der Waals surface area contributed by atoms with Gasteiger partial charge in [-0.2, -0.15) is 5.10 Å². The number of carbonyl (C=O) groups is 1. The fourth-order valence-corrected chi connectivity index (χ4v) is 4.19. The normalized spacial score (nSPS) is 10.7. The van der Waals surface area contributed by atoms with E-state index >= 15 is 0 Å². The zero-order valence-electron chi connectivity index (χ0n) is 19.6. The molecule has 0 bridgehead atoms. The molecule has 0 radical (unpaired) electrons. The zero-order chi connectivity index (χ0) is 24.9. The number of ether oxygens (including phenoxy) is 3. The Morgan fingerprint density at radius 1 is 0.943 bits per heavy atom. The van der Waals surface area contributed by atoms with Gasteiger partial charge in [0.05, 0.1) is 32.2 Å². The van der Waals surface area contributed by atoms with Gasteiger partial charge in [0, 0.05) is 21.2 Å². The van der Waals surface area contributed by atoms with E-state index in [2.05, 4.69) is 15.9 Å². The molecule has 0 atom stereocenters. The number of aliphatic carboxylic acids is 1. The minimum Gasteiger partial charge on any atom is -0.496 e. The number of hydrogen-bond acceptors (Lipinski definition) is 5. The van der Waals surface area contributed by atoms with Gasteiger partial charge in [-0.25, -0.2) is 4.79 Å². The van der Waals surface area contributed by atoms with Crippen molar-refractivity contribution in [2.45, 2.75) is 13.5 Å². The van der Waals surface area contributed by atoms with E-state index in [0.29, 0.717) is 29.3 Å². The molecule has 4 aromatic rings. The highest BCUT2D eigenvalue weighted by Crippen LogP contribution is 2.38. The average Bonchev–Trinajstić information content (AvgIpc) is 3.28. The molecule has 3 aromatic carbocycles. The quantitative estimate of drug-likeness (QED) is 0.290. The lowest BCUT2D eigenvalue weighted by atomic mass is 10.1. The van der Waals surface area contributed by atoms with Crippen LogP contribution in [0.2, 0.25) is 0 Å². The Labute approximate surface area is 212 Å². The third-order valence-electron chi connectivity index (χ3n) is 5.56. The lowest BCUT2D eigenvalue weighted by Crippen LogP contribution is -2.10. The monoisotopic (exact) mass is 536 g/mol. The van der Waals surface area contributed by atoms with Crippen molar-refractivity contribution in [2.75, 3.05) is 20.8 Å². The number of rotatable bonds is 9. The Morgan fingerprint density at radius 3 is 2.34 bits per heavy atom. The van der Waals surface area contributed by atoms with Crippen molar-refractivity contribution in [1.29, 1.82) is 0 Å². The lowest BCUT2D eigenvalue weighted by Gasteiger charge is -2.13. The number of benzene rings is 3. The maximum atomic E-state index is 11.2. The Balaban J connectivity index is 1.89. The van der Waals surface area contributed by atoms with Crippen LogP contribution in [0.5, 0.6) is 17.2 Å². The number of hydrogen-bond donors (Lipinski definition) is 1. The van der Waals surface area contributed by atoms with Gasteiger partial charge in [-0.1, -0.05) is 46.3 Å². The molecule has 1 heterocycles. The van der Waals surface area contributed by atoms with E-state index < -0.39 is 12.6 Å². The summed E-state index contributed by atoms with van der Waals surface area (Å²) in [5, 5.41) is 14.1. The molecule has 0 spiro atoms. The van der Waals surface area contributed by atoms with Gasteiger partial charge in [0.2, 0.25) is 0 Å². The molecule has 0 amide bonds. The Bertz CT molecular complexity index is 1370. The van der Waals surface area contributed by atoms with Crippen molar-refractivity contribution in [1.82, 2.24) is 9.78 Å². The summed E-state index contributed by atoms with van der Waals surface area (Å²) in [7, 11) is 3.28. The number of carboxylic acid groups (broad SMARTS) is 1. The predicted octanol–water partition coefficient (Wildman–Crippen LogP) is 5.82. The van der Waals surface area contributed by atoms with Gasteiger partial charge in [0.25, 0.3) is 0 Å². The number of aromatic nitrogens is 2. The largest absolute Gasteiger partial charge is 0.496 e. The topological polar surface area (TPSA) is 82.8 Å². The highest BCUT2D eigenvalue weighted by molar-refractivity contribution is 9.10. The zero-order valence-corrected chi connectivity index (χ0v) is 21.2. The van der Waals surface area contributed by atoms with Crippen molar-refractivity contribution < 1.29 is 24.1 Å². The smallest absolute Gasteiger partial charge is 0.341 e. The van der Waals surface area contributed by atoms with Crippen molar-refractivity contribution in [2.24, 2.45) is 0 Å². The molecule has 0 saturated heterocycles. The Hall–Kier alpha value is -3.78. The molecule has 0 aliphatic rings. The molecule has 0 fully saturated rings. The molecule has 180 valence electrons. The summed E-state index contributed by atoms with van der Waals surface area (Å²) in [5.74, 6) is 0.876. The summed E-state index contributed by atoms with van der Waals surface area (Å²) in [5.41, 5.74) is 4.92. The van der Waals surface area contributed by atoms with Crippen molar-refractivity contribution in [3.05, 3.63) is 82.3 Å². The van der Waals surface area contributed by atoms with Crippen LogP contribution in [-0.2, 0) is 11.3 Å². The number of para-hydroxylation sites is 2. The minimum atomic E-state index is -1.05. The highest BCUT2D eigenvalue weighted by atomic mass is 79.9. The molecule has 0 saturated carbocycles. The number of carboxylic acids is 1. The molecular formula is C27H25BrN2O5. The molecule has 0 unspecified atom stereocenters. The first-order valence-electron chi connectivity index (χ1n) is 10.9. The molecule has 35 heavy (non-hydrogen) atoms. The third kappa shape index (κ3) is 5.33. The summed E-state index contributed by atoms with van der Waals surface area (Å²) in [6.07, 6.45) is 0. The van der Waals surface area contributed by atoms with E-state index in [1.54, 1.807) is 14.2 Å². The van der Waals surface area contributed by atoms with Gasteiger partial charge in [-0.3, -0.25) is 4.68 Å². The standard InChI is InChI=1S/C27H25BrN2O5/c1-17-12-26(35-16-27(31)32)20(13-21(17)28)22-14-23(19-9-5-7-11-25(19)34-3)30(29-22)15-18-8-4-6-10-24(18)33-2/h4-14H,15-16H2,1-3H3,(H,31,32). The third-order valence-corrected chi connectivity index (χ3v) is 6.42. The average molecular weight is 537 g/mol. The van der Waals surface area contributed by atoms with E-state index in [1.165, 1.54) is 0 Å². The van der Waals surface area contributed by atoms with Crippen LogP contribution in [0.3, 0.4) is 0 Å². The first-order valence-corrected chi connectivity index (χ1v) is 11.7. The van der Waals surface area contributed by atoms with Crippen LogP contribution < -0.4 is 14.2 Å². The van der Waals surface area contributed by atoms with Crippen LogP contribution in [-0.4, -0.2) is 41.7 Å². The number of methoxy groups -OCH3 is 2. The molecule has 1 aromatic heterocycles. The molecule has 0 aliphatic heterocycles. The Kier molecular flexibility index (Phi) is 7.41. The van der Waals surface area contributed by atoms with Crippen molar-refractivity contribution >= 4 is 21.9 Å². The summed E-state index contributed by atoms with van der Waals surface area (Å²) >= 11 is 3.58. The molecular weight excluding hydrogens is 512 g/mol. The second kappa shape index (κ2) is 10.7. The molecule has 0 aliphatic carbocycles. The fourth-order valence-electron chi connectivity index (χ4n) is 3.85. The van der Waals surface area contributed by atoms with E-state index in [1.807, 2.05) is 78.3 Å². The van der Waals surface area contributed by atoms with Gasteiger partial charge < -0.3 is 19.3 Å². The molecule has 4 rings (SSSR count). The van der Waals surface area contributed by atoms with Gasteiger partial charge in [0.1, 0.15) is 17.2 Å². The van der Waals surface area contributed by atoms with Crippen LogP contribution in [0.4, 0.5) is 0 Å². The second-order valence-electron chi connectivity index (χ2n) is 7.86. The van der Waals surface area contributed by atoms with Gasteiger partial charge in [0.15, 0.2) is 6.61 Å².